The van der Waals surface area contributed by atoms with Crippen molar-refractivity contribution < 1.29 is 10.0 Å². The summed E-state index contributed by atoms with van der Waals surface area (Å²) in [5, 5.41) is 15.2. The van der Waals surface area contributed by atoms with E-state index in [1.54, 1.807) is 29.2 Å². The lowest BCUT2D eigenvalue weighted by atomic mass is 10.0. The van der Waals surface area contributed by atoms with E-state index < -0.39 is 0 Å². The molecule has 1 heterocycles. The number of urea groups is 1. The number of hydrogen-bond donors (Lipinski definition) is 3. The molecule has 4 N–H and O–H groups in total. The molecule has 0 radical (unpaired) electrons. The van der Waals surface area contributed by atoms with Crippen LogP contribution < -0.4 is 11.1 Å². The molecule has 20 heavy (non-hydrogen) atoms. The van der Waals surface area contributed by atoms with Crippen molar-refractivity contribution in [2.45, 2.75) is 25.3 Å². The number of nitrogens with zero attached hydrogens (tertiary/aromatic N) is 2. The molecule has 2 rings (SSSR count). The molecule has 1 aromatic carbocycles. The summed E-state index contributed by atoms with van der Waals surface area (Å²) in [6.45, 7) is 0.584. The molecule has 0 saturated carbocycles. The van der Waals surface area contributed by atoms with Crippen molar-refractivity contribution in [3.63, 3.8) is 0 Å². The lowest BCUT2D eigenvalue weighted by Gasteiger charge is -2.34. The third-order valence-corrected chi connectivity index (χ3v) is 3.57. The number of carbonyl (C=O) groups is 1. The normalized spacial score (nSPS) is 19.8. The number of anilines is 1. The number of oxime groups is 1. The molecular formula is C13H17ClN4O2. The molecule has 1 atom stereocenters. The van der Waals surface area contributed by atoms with E-state index in [4.69, 9.17) is 22.5 Å². The highest BCUT2D eigenvalue weighted by molar-refractivity contribution is 6.30. The van der Waals surface area contributed by atoms with Crippen LogP contribution >= 0.6 is 11.6 Å². The first-order valence-electron chi connectivity index (χ1n) is 6.42. The second kappa shape index (κ2) is 6.47. The monoisotopic (exact) mass is 296 g/mol. The van der Waals surface area contributed by atoms with Crippen molar-refractivity contribution in [1.29, 1.82) is 0 Å². The van der Waals surface area contributed by atoms with Gasteiger partial charge in [0, 0.05) is 17.3 Å². The molecule has 0 bridgehead atoms. The van der Waals surface area contributed by atoms with E-state index in [9.17, 15) is 4.79 Å². The van der Waals surface area contributed by atoms with Gasteiger partial charge >= 0.3 is 6.03 Å². The van der Waals surface area contributed by atoms with Crippen molar-refractivity contribution in [2.24, 2.45) is 10.9 Å². The van der Waals surface area contributed by atoms with E-state index in [0.717, 1.165) is 12.8 Å². The molecular weight excluding hydrogens is 280 g/mol. The highest BCUT2D eigenvalue weighted by Gasteiger charge is 2.29. The van der Waals surface area contributed by atoms with Crippen molar-refractivity contribution in [2.75, 3.05) is 11.9 Å². The van der Waals surface area contributed by atoms with E-state index in [1.807, 2.05) is 0 Å². The van der Waals surface area contributed by atoms with Crippen LogP contribution in [0.1, 0.15) is 19.3 Å². The fourth-order valence-corrected chi connectivity index (χ4v) is 2.40. The van der Waals surface area contributed by atoms with Crippen molar-refractivity contribution in [3.8, 4) is 0 Å². The van der Waals surface area contributed by atoms with Gasteiger partial charge in [-0.2, -0.15) is 0 Å². The summed E-state index contributed by atoms with van der Waals surface area (Å²) in [7, 11) is 0. The zero-order valence-electron chi connectivity index (χ0n) is 10.9. The number of amidine groups is 1. The second-order valence-corrected chi connectivity index (χ2v) is 5.10. The Kier molecular flexibility index (Phi) is 4.68. The van der Waals surface area contributed by atoms with Gasteiger partial charge < -0.3 is 21.2 Å². The van der Waals surface area contributed by atoms with Crippen LogP contribution in [0.25, 0.3) is 0 Å². The van der Waals surface area contributed by atoms with E-state index >= 15 is 0 Å². The number of halogens is 1. The van der Waals surface area contributed by atoms with Crippen LogP contribution in [0.3, 0.4) is 0 Å². The SMILES string of the molecule is NC(=NO)C1CCCCN1C(=O)Nc1ccc(Cl)cc1. The highest BCUT2D eigenvalue weighted by atomic mass is 35.5. The standard InChI is InChI=1S/C13H17ClN4O2/c14-9-4-6-10(7-5-9)16-13(19)18-8-2-1-3-11(18)12(15)17-20/h4-7,11,20H,1-3,8H2,(H2,15,17)(H,16,19). The summed E-state index contributed by atoms with van der Waals surface area (Å²) in [6, 6.07) is 6.23. The first-order valence-corrected chi connectivity index (χ1v) is 6.80. The summed E-state index contributed by atoms with van der Waals surface area (Å²) < 4.78 is 0. The van der Waals surface area contributed by atoms with Gasteiger partial charge in [-0.1, -0.05) is 16.8 Å². The molecule has 108 valence electrons. The lowest BCUT2D eigenvalue weighted by molar-refractivity contribution is 0.183. The topological polar surface area (TPSA) is 91.0 Å². The Morgan fingerprint density at radius 2 is 2.10 bits per heavy atom. The fraction of sp³-hybridized carbons (Fsp3) is 0.385. The van der Waals surface area contributed by atoms with Crippen LogP contribution in [0.15, 0.2) is 29.4 Å². The smallest absolute Gasteiger partial charge is 0.322 e. The molecule has 6 nitrogen and oxygen atoms in total. The first kappa shape index (κ1) is 14.5. The average Bonchev–Trinajstić information content (AvgIpc) is 2.48. The molecule has 1 saturated heterocycles. The van der Waals surface area contributed by atoms with Crippen LogP contribution in [0, 0.1) is 0 Å². The van der Waals surface area contributed by atoms with Crippen molar-refractivity contribution >= 4 is 29.2 Å². The predicted octanol–water partition coefficient (Wildman–Crippen LogP) is 2.47. The van der Waals surface area contributed by atoms with Gasteiger partial charge in [-0.05, 0) is 43.5 Å². The summed E-state index contributed by atoms with van der Waals surface area (Å²) in [5.41, 5.74) is 6.31. The third-order valence-electron chi connectivity index (χ3n) is 3.32. The summed E-state index contributed by atoms with van der Waals surface area (Å²) in [5.74, 6) is 0.0657. The van der Waals surface area contributed by atoms with Gasteiger partial charge in [-0.25, -0.2) is 4.79 Å². The number of carbonyl (C=O) groups excluding carboxylic acids is 1. The van der Waals surface area contributed by atoms with Crippen molar-refractivity contribution in [1.82, 2.24) is 4.90 Å². The average molecular weight is 297 g/mol. The quantitative estimate of drug-likeness (QED) is 0.339. The number of rotatable bonds is 2. The van der Waals surface area contributed by atoms with Gasteiger partial charge in [0.15, 0.2) is 5.84 Å². The van der Waals surface area contributed by atoms with Gasteiger partial charge in [0.25, 0.3) is 0 Å². The van der Waals surface area contributed by atoms with Gasteiger partial charge in [0.2, 0.25) is 0 Å². The molecule has 0 aromatic heterocycles. The Morgan fingerprint density at radius 1 is 1.40 bits per heavy atom. The molecule has 0 aliphatic carbocycles. The van der Waals surface area contributed by atoms with E-state index in [0.29, 0.717) is 23.7 Å². The largest absolute Gasteiger partial charge is 0.409 e. The summed E-state index contributed by atoms with van der Waals surface area (Å²) in [6.07, 6.45) is 2.55. The summed E-state index contributed by atoms with van der Waals surface area (Å²) in [4.78, 5) is 13.9. The minimum atomic E-state index is -0.360. The van der Waals surface area contributed by atoms with E-state index in [2.05, 4.69) is 10.5 Å². The molecule has 1 fully saturated rings. The Morgan fingerprint density at radius 3 is 2.75 bits per heavy atom. The molecule has 0 spiro atoms. The minimum absolute atomic E-state index is 0.0657. The molecule has 1 aliphatic heterocycles. The second-order valence-electron chi connectivity index (χ2n) is 4.67. The van der Waals surface area contributed by atoms with Gasteiger partial charge in [0.05, 0.1) is 6.04 Å². The Balaban J connectivity index is 2.08. The van der Waals surface area contributed by atoms with E-state index in [1.165, 1.54) is 0 Å². The van der Waals surface area contributed by atoms with Crippen molar-refractivity contribution in [3.05, 3.63) is 29.3 Å². The number of nitrogens with one attached hydrogen (secondary N) is 1. The summed E-state index contributed by atoms with van der Waals surface area (Å²) >= 11 is 5.80. The van der Waals surface area contributed by atoms with Crippen LogP contribution in [-0.4, -0.2) is 34.6 Å². The highest BCUT2D eigenvalue weighted by Crippen LogP contribution is 2.19. The number of benzene rings is 1. The zero-order valence-corrected chi connectivity index (χ0v) is 11.7. The Bertz CT molecular complexity index is 504. The number of likely N-dealkylation sites (tertiary alicyclic amines) is 1. The molecule has 1 aromatic rings. The van der Waals surface area contributed by atoms with Gasteiger partial charge in [-0.3, -0.25) is 0 Å². The van der Waals surface area contributed by atoms with Crippen LogP contribution in [0.2, 0.25) is 5.02 Å². The molecule has 1 aliphatic rings. The maximum absolute atomic E-state index is 12.3. The predicted molar refractivity (Wildman–Crippen MR) is 78.2 cm³/mol. The minimum Gasteiger partial charge on any atom is -0.409 e. The third kappa shape index (κ3) is 3.33. The van der Waals surface area contributed by atoms with Crippen LogP contribution in [-0.2, 0) is 0 Å². The van der Waals surface area contributed by atoms with Gasteiger partial charge in [-0.15, -0.1) is 0 Å². The maximum atomic E-state index is 12.3. The first-order chi connectivity index (χ1) is 9.61. The molecule has 7 heteroatoms. The zero-order chi connectivity index (χ0) is 14.5. The Labute approximate surface area is 122 Å². The number of nitrogens with two attached hydrogens (primary N) is 1. The molecule has 1 unspecified atom stereocenters. The number of piperidine rings is 1. The maximum Gasteiger partial charge on any atom is 0.322 e. The van der Waals surface area contributed by atoms with Crippen LogP contribution in [0.4, 0.5) is 10.5 Å². The Hall–Kier alpha value is -1.95. The van der Waals surface area contributed by atoms with Gasteiger partial charge in [0.1, 0.15) is 0 Å². The number of amides is 2. The lowest BCUT2D eigenvalue weighted by Crippen LogP contribution is -2.52. The molecule has 2 amide bonds. The number of hydrogen-bond acceptors (Lipinski definition) is 3. The van der Waals surface area contributed by atoms with E-state index in [-0.39, 0.29) is 17.9 Å². The fourth-order valence-electron chi connectivity index (χ4n) is 2.28. The van der Waals surface area contributed by atoms with Crippen LogP contribution in [0.5, 0.6) is 0 Å².